The molecule has 0 spiro atoms. The predicted octanol–water partition coefficient (Wildman–Crippen LogP) is 9.14. The summed E-state index contributed by atoms with van der Waals surface area (Å²) in [7, 11) is -2.20. The highest BCUT2D eigenvalue weighted by Crippen LogP contribution is 2.45. The van der Waals surface area contributed by atoms with E-state index >= 15 is 0 Å². The summed E-state index contributed by atoms with van der Waals surface area (Å²) in [6, 6.07) is 16.8. The van der Waals surface area contributed by atoms with Gasteiger partial charge in [-0.15, -0.1) is 0 Å². The summed E-state index contributed by atoms with van der Waals surface area (Å²) < 4.78 is 20.8. The molecule has 1 atom stereocenters. The Labute approximate surface area is 239 Å². The van der Waals surface area contributed by atoms with Crippen LogP contribution in [0.3, 0.4) is 0 Å². The van der Waals surface area contributed by atoms with Crippen molar-refractivity contribution in [2.45, 2.75) is 97.4 Å². The molecule has 0 aromatic heterocycles. The van der Waals surface area contributed by atoms with E-state index in [-0.39, 0.29) is 22.5 Å². The number of hydrogen-bond donors (Lipinski definition) is 0. The first kappa shape index (κ1) is 29.8. The fourth-order valence-electron chi connectivity index (χ4n) is 6.91. The second-order valence-corrected chi connectivity index (χ2v) is 17.7. The van der Waals surface area contributed by atoms with Crippen LogP contribution in [0.25, 0.3) is 0 Å². The molecule has 1 aliphatic heterocycles. The molecule has 0 saturated heterocycles. The van der Waals surface area contributed by atoms with Gasteiger partial charge in [0.2, 0.25) is 0 Å². The predicted molar refractivity (Wildman–Crippen MR) is 165 cm³/mol. The molecule has 5 nitrogen and oxygen atoms in total. The largest absolute Gasteiger partial charge is 0.542 e. The summed E-state index contributed by atoms with van der Waals surface area (Å²) in [6.45, 7) is 18.5. The summed E-state index contributed by atoms with van der Waals surface area (Å²) in [5.74, 6) is 0.670. The Bertz CT molecular complexity index is 1350. The third kappa shape index (κ3) is 5.66. The zero-order valence-corrected chi connectivity index (χ0v) is 26.1. The van der Waals surface area contributed by atoms with Crippen molar-refractivity contribution in [2.24, 2.45) is 0 Å². The number of benzene rings is 3. The van der Waals surface area contributed by atoms with Crippen molar-refractivity contribution in [3.63, 3.8) is 0 Å². The monoisotopic (exact) mass is 562 g/mol. The van der Waals surface area contributed by atoms with Crippen molar-refractivity contribution in [1.82, 2.24) is 0 Å². The standard InChI is InChI=1S/C33H43FN2O3Si/c1-21(2)40(22(3)4,23(5)6)39-32-16-12-27(19-28(32)18-26-10-13-29(34)14-11-26)20-35-25(8)17-30-31(36(37)38)15-9-24(7)33(30)35/h9-16,19,21-23,25H,17-18,20H2,1-8H3. The van der Waals surface area contributed by atoms with Crippen LogP contribution in [-0.2, 0) is 19.4 Å². The highest BCUT2D eigenvalue weighted by atomic mass is 28.4. The van der Waals surface area contributed by atoms with E-state index in [0.717, 1.165) is 39.3 Å². The van der Waals surface area contributed by atoms with Crippen molar-refractivity contribution in [3.05, 3.63) is 98.3 Å². The number of nitrogens with zero attached hydrogens (tertiary/aromatic N) is 2. The molecule has 1 heterocycles. The molecule has 0 bridgehead atoms. The number of nitro benzene ring substituents is 1. The Hall–Kier alpha value is -3.19. The normalized spacial score (nSPS) is 15.3. The third-order valence-corrected chi connectivity index (χ3v) is 14.7. The summed E-state index contributed by atoms with van der Waals surface area (Å²) in [5, 5.41) is 11.7. The van der Waals surface area contributed by atoms with Gasteiger partial charge in [-0.2, -0.15) is 0 Å². The molecule has 0 saturated carbocycles. The van der Waals surface area contributed by atoms with E-state index in [4.69, 9.17) is 4.43 Å². The topological polar surface area (TPSA) is 55.6 Å². The van der Waals surface area contributed by atoms with E-state index in [1.165, 1.54) is 12.1 Å². The number of halogens is 1. The van der Waals surface area contributed by atoms with Gasteiger partial charge in [-0.3, -0.25) is 10.1 Å². The van der Waals surface area contributed by atoms with E-state index in [0.29, 0.717) is 36.0 Å². The smallest absolute Gasteiger partial charge is 0.274 e. The van der Waals surface area contributed by atoms with Gasteiger partial charge in [-0.05, 0) is 70.9 Å². The second-order valence-electron chi connectivity index (χ2n) is 12.3. The van der Waals surface area contributed by atoms with Crippen molar-refractivity contribution in [2.75, 3.05) is 4.90 Å². The molecule has 214 valence electrons. The molecule has 7 heteroatoms. The first-order valence-corrected chi connectivity index (χ1v) is 16.6. The number of anilines is 1. The molecule has 0 aliphatic carbocycles. The van der Waals surface area contributed by atoms with Crippen LogP contribution in [0.15, 0.2) is 54.6 Å². The SMILES string of the molecule is Cc1ccc([N+](=O)[O-])c2c1N(Cc1ccc(O[Si](C(C)C)(C(C)C)C(C)C)c(Cc3ccc(F)cc3)c1)C(C)C2. The molecule has 1 unspecified atom stereocenters. The minimum absolute atomic E-state index is 0.147. The van der Waals surface area contributed by atoms with Crippen LogP contribution in [0.5, 0.6) is 5.75 Å². The van der Waals surface area contributed by atoms with Gasteiger partial charge in [0.1, 0.15) is 11.6 Å². The molecule has 0 amide bonds. The lowest BCUT2D eigenvalue weighted by atomic mass is 10.0. The summed E-state index contributed by atoms with van der Waals surface area (Å²) in [5.41, 5.74) is 7.61. The van der Waals surface area contributed by atoms with Gasteiger partial charge < -0.3 is 9.33 Å². The Kier molecular flexibility index (Phi) is 8.74. The highest BCUT2D eigenvalue weighted by molar-refractivity contribution is 6.78. The van der Waals surface area contributed by atoms with Gasteiger partial charge in [0.25, 0.3) is 14.0 Å². The van der Waals surface area contributed by atoms with Crippen molar-refractivity contribution in [1.29, 1.82) is 0 Å². The molecule has 0 fully saturated rings. The van der Waals surface area contributed by atoms with Gasteiger partial charge in [0, 0.05) is 31.5 Å². The Morgan fingerprint density at radius 2 is 1.57 bits per heavy atom. The maximum absolute atomic E-state index is 13.7. The fraction of sp³-hybridized carbons (Fsp3) is 0.455. The van der Waals surface area contributed by atoms with Gasteiger partial charge >= 0.3 is 0 Å². The van der Waals surface area contributed by atoms with Crippen molar-refractivity contribution < 1.29 is 13.7 Å². The molecule has 40 heavy (non-hydrogen) atoms. The number of fused-ring (bicyclic) bond motifs is 1. The van der Waals surface area contributed by atoms with Crippen LogP contribution in [-0.4, -0.2) is 19.3 Å². The Balaban J connectivity index is 1.76. The molecule has 3 aromatic rings. The van der Waals surface area contributed by atoms with E-state index < -0.39 is 8.32 Å². The molecular formula is C33H43FN2O3Si. The molecule has 1 aliphatic rings. The van der Waals surface area contributed by atoms with Gasteiger partial charge in [-0.25, -0.2) is 4.39 Å². The second kappa shape index (κ2) is 11.7. The lowest BCUT2D eigenvalue weighted by Crippen LogP contribution is -2.50. The van der Waals surface area contributed by atoms with Gasteiger partial charge in [0.15, 0.2) is 0 Å². The van der Waals surface area contributed by atoms with E-state index in [2.05, 4.69) is 71.6 Å². The van der Waals surface area contributed by atoms with Crippen LogP contribution in [0, 0.1) is 22.9 Å². The first-order chi connectivity index (χ1) is 18.8. The highest BCUT2D eigenvalue weighted by Gasteiger charge is 2.47. The molecular weight excluding hydrogens is 519 g/mol. The Morgan fingerprint density at radius 3 is 2.15 bits per heavy atom. The molecule has 0 N–H and O–H groups in total. The van der Waals surface area contributed by atoms with E-state index in [1.807, 2.05) is 25.1 Å². The average Bonchev–Trinajstić information content (AvgIpc) is 3.20. The van der Waals surface area contributed by atoms with Crippen LogP contribution < -0.4 is 9.33 Å². The van der Waals surface area contributed by atoms with Gasteiger partial charge in [-0.1, -0.05) is 71.9 Å². The molecule has 3 aromatic carbocycles. The third-order valence-electron chi connectivity index (χ3n) is 8.75. The van der Waals surface area contributed by atoms with E-state index in [1.54, 1.807) is 6.07 Å². The van der Waals surface area contributed by atoms with Crippen molar-refractivity contribution >= 4 is 19.7 Å². The summed E-state index contributed by atoms with van der Waals surface area (Å²) in [4.78, 5) is 13.8. The summed E-state index contributed by atoms with van der Waals surface area (Å²) in [6.07, 6.45) is 1.29. The number of aryl methyl sites for hydroxylation is 1. The number of rotatable bonds is 10. The number of hydrogen-bond acceptors (Lipinski definition) is 4. The lowest BCUT2D eigenvalue weighted by molar-refractivity contribution is -0.385. The quantitative estimate of drug-likeness (QED) is 0.140. The maximum atomic E-state index is 13.7. The lowest BCUT2D eigenvalue weighted by Gasteiger charge is -2.42. The molecule has 0 radical (unpaired) electrons. The van der Waals surface area contributed by atoms with Gasteiger partial charge in [0.05, 0.1) is 16.2 Å². The Morgan fingerprint density at radius 1 is 0.975 bits per heavy atom. The fourth-order valence-corrected chi connectivity index (χ4v) is 12.2. The first-order valence-electron chi connectivity index (χ1n) is 14.4. The van der Waals surface area contributed by atoms with Crippen LogP contribution >= 0.6 is 0 Å². The van der Waals surface area contributed by atoms with E-state index in [9.17, 15) is 14.5 Å². The summed E-state index contributed by atoms with van der Waals surface area (Å²) >= 11 is 0. The zero-order valence-electron chi connectivity index (χ0n) is 25.1. The molecule has 4 rings (SSSR count). The van der Waals surface area contributed by atoms with Crippen molar-refractivity contribution in [3.8, 4) is 5.75 Å². The zero-order chi connectivity index (χ0) is 29.4. The minimum Gasteiger partial charge on any atom is -0.542 e. The maximum Gasteiger partial charge on any atom is 0.274 e. The number of nitro groups is 1. The van der Waals surface area contributed by atoms with Crippen LogP contribution in [0.4, 0.5) is 15.8 Å². The average molecular weight is 563 g/mol. The van der Waals surface area contributed by atoms with Crippen LogP contribution in [0.2, 0.25) is 16.6 Å². The minimum atomic E-state index is -2.20. The van der Waals surface area contributed by atoms with Crippen LogP contribution in [0.1, 0.15) is 76.3 Å².